The molecule has 1 aliphatic heterocycles. The molecule has 5 unspecified atom stereocenters. The Bertz CT molecular complexity index is 2480. The lowest BCUT2D eigenvalue weighted by atomic mass is 9.88. The van der Waals surface area contributed by atoms with Crippen molar-refractivity contribution in [3.63, 3.8) is 0 Å². The average molecular weight is 815 g/mol. The first-order valence-electron chi connectivity index (χ1n) is 20.7. The summed E-state index contributed by atoms with van der Waals surface area (Å²) in [4.78, 5) is 14.2. The van der Waals surface area contributed by atoms with Gasteiger partial charge in [0.2, 0.25) is 0 Å². The number of rotatable bonds is 18. The molecule has 8 rings (SSSR count). The van der Waals surface area contributed by atoms with Crippen LogP contribution in [-0.2, 0) is 56.5 Å². The summed E-state index contributed by atoms with van der Waals surface area (Å²) < 4.78 is 39.7. The third-order valence-electron chi connectivity index (χ3n) is 10.9. The summed E-state index contributed by atoms with van der Waals surface area (Å²) in [5, 5.41) is 12.4. The zero-order valence-electron chi connectivity index (χ0n) is 34.2. The number of phenolic OH excluding ortho intramolecular Hbond substituents is 1. The van der Waals surface area contributed by atoms with Gasteiger partial charge in [-0.15, -0.1) is 0 Å². The number of fused-ring (bicyclic) bond motifs is 1. The number of carbonyl (C=O) groups excluding carboxylic acids is 1. The van der Waals surface area contributed by atoms with Crippen LogP contribution in [0.25, 0.3) is 17.0 Å². The van der Waals surface area contributed by atoms with Crippen LogP contribution >= 0.6 is 0 Å². The summed E-state index contributed by atoms with van der Waals surface area (Å²) in [6.07, 6.45) is 1.97. The van der Waals surface area contributed by atoms with Crippen molar-refractivity contribution >= 4 is 22.8 Å². The Balaban J connectivity index is 1.15. The van der Waals surface area contributed by atoms with Crippen molar-refractivity contribution in [1.82, 2.24) is 0 Å². The summed E-state index contributed by atoms with van der Waals surface area (Å²) in [6, 6.07) is 51.2. The zero-order chi connectivity index (χ0) is 41.8. The molecule has 0 amide bonds. The molecule has 0 radical (unpaired) electrons. The first-order chi connectivity index (χ1) is 30.0. The second-order valence-corrected chi connectivity index (χ2v) is 15.4. The maximum absolute atomic E-state index is 14.2. The lowest BCUT2D eigenvalue weighted by molar-refractivity contribution is -0.272. The molecule has 1 aromatic heterocycles. The van der Waals surface area contributed by atoms with Crippen molar-refractivity contribution in [3.05, 3.63) is 215 Å². The van der Waals surface area contributed by atoms with Gasteiger partial charge < -0.3 is 33.2 Å². The number of benzene rings is 6. The SMILES string of the molecule is Cc1cc(O)c(C(=O)/C=C/c2ccc3occc3c2)c(CC2OC(COCc3ccccc3)C(OCc3ccccc3)C(OCc3ccccc3)C2OCc2ccccc2)c1. The van der Waals surface area contributed by atoms with Crippen molar-refractivity contribution in [2.75, 3.05) is 6.61 Å². The van der Waals surface area contributed by atoms with Gasteiger partial charge >= 0.3 is 0 Å². The molecule has 310 valence electrons. The fourth-order valence-corrected chi connectivity index (χ4v) is 7.90. The maximum Gasteiger partial charge on any atom is 0.189 e. The minimum absolute atomic E-state index is 0.101. The number of ether oxygens (including phenoxy) is 5. The topological polar surface area (TPSA) is 96.6 Å². The van der Waals surface area contributed by atoms with Crippen LogP contribution in [0.4, 0.5) is 0 Å². The molecule has 1 aliphatic rings. The summed E-state index contributed by atoms with van der Waals surface area (Å²) in [5.74, 6) is -0.433. The van der Waals surface area contributed by atoms with Crippen LogP contribution in [0, 0.1) is 6.92 Å². The fourth-order valence-electron chi connectivity index (χ4n) is 7.90. The van der Waals surface area contributed by atoms with E-state index >= 15 is 0 Å². The van der Waals surface area contributed by atoms with Gasteiger partial charge in [0.25, 0.3) is 0 Å². The maximum atomic E-state index is 14.2. The van der Waals surface area contributed by atoms with Gasteiger partial charge in [0.15, 0.2) is 5.78 Å². The number of carbonyl (C=O) groups is 1. The minimum atomic E-state index is -0.669. The Morgan fingerprint density at radius 3 is 1.75 bits per heavy atom. The van der Waals surface area contributed by atoms with Crippen molar-refractivity contribution in [2.45, 2.75) is 70.3 Å². The second-order valence-electron chi connectivity index (χ2n) is 15.4. The molecular formula is C53H50O8. The standard InChI is InChI=1S/C53H50O8/c1-37-28-44(50(46(55)29-37)45(54)24-22-38-23-25-47-43(30-38)26-27-57-47)31-48-51(58-33-40-16-8-3-9-17-40)53(60-35-42-20-12-5-13-21-42)52(59-34-41-18-10-4-11-19-41)49(61-48)36-56-32-39-14-6-2-7-15-39/h2-30,48-49,51-53,55H,31-36H2,1H3/b24-22+. The predicted molar refractivity (Wildman–Crippen MR) is 236 cm³/mol. The molecular weight excluding hydrogens is 765 g/mol. The van der Waals surface area contributed by atoms with Gasteiger partial charge in [0, 0.05) is 11.8 Å². The monoisotopic (exact) mass is 814 g/mol. The van der Waals surface area contributed by atoms with Crippen molar-refractivity contribution < 1.29 is 38.0 Å². The van der Waals surface area contributed by atoms with E-state index in [2.05, 4.69) is 0 Å². The Morgan fingerprint density at radius 1 is 0.623 bits per heavy atom. The van der Waals surface area contributed by atoms with Gasteiger partial charge in [0.1, 0.15) is 35.7 Å². The molecule has 5 atom stereocenters. The molecule has 6 aromatic carbocycles. The molecule has 0 saturated carbocycles. The first-order valence-corrected chi connectivity index (χ1v) is 20.7. The predicted octanol–water partition coefficient (Wildman–Crippen LogP) is 10.6. The minimum Gasteiger partial charge on any atom is -0.507 e. The highest BCUT2D eigenvalue weighted by atomic mass is 16.6. The molecule has 0 aliphatic carbocycles. The van der Waals surface area contributed by atoms with Gasteiger partial charge in [-0.2, -0.15) is 0 Å². The van der Waals surface area contributed by atoms with E-state index in [4.69, 9.17) is 28.1 Å². The van der Waals surface area contributed by atoms with E-state index in [0.29, 0.717) is 25.4 Å². The quantitative estimate of drug-likeness (QED) is 0.0676. The van der Waals surface area contributed by atoms with E-state index < -0.39 is 30.5 Å². The van der Waals surface area contributed by atoms with E-state index in [1.165, 1.54) is 6.08 Å². The van der Waals surface area contributed by atoms with Crippen LogP contribution < -0.4 is 0 Å². The van der Waals surface area contributed by atoms with Crippen LogP contribution in [-0.4, -0.2) is 48.0 Å². The highest BCUT2D eigenvalue weighted by Crippen LogP contribution is 2.35. The summed E-state index contributed by atoms with van der Waals surface area (Å²) in [5.41, 5.74) is 7.27. The Morgan fingerprint density at radius 2 is 1.16 bits per heavy atom. The zero-order valence-corrected chi connectivity index (χ0v) is 34.2. The number of furan rings is 1. The molecule has 1 saturated heterocycles. The molecule has 7 aromatic rings. The third kappa shape index (κ3) is 11.0. The largest absolute Gasteiger partial charge is 0.507 e. The Kier molecular flexibility index (Phi) is 13.9. The van der Waals surface area contributed by atoms with E-state index in [1.54, 1.807) is 18.4 Å². The lowest BCUT2D eigenvalue weighted by Gasteiger charge is -2.46. The highest BCUT2D eigenvalue weighted by Gasteiger charge is 2.48. The van der Waals surface area contributed by atoms with Crippen LogP contribution in [0.5, 0.6) is 5.75 Å². The molecule has 8 nitrogen and oxygen atoms in total. The van der Waals surface area contributed by atoms with Crippen LogP contribution in [0.1, 0.15) is 49.3 Å². The summed E-state index contributed by atoms with van der Waals surface area (Å²) in [6.45, 7) is 3.39. The number of allylic oxidation sites excluding steroid dienone is 1. The average Bonchev–Trinajstić information content (AvgIpc) is 3.76. The Hall–Kier alpha value is -6.13. The molecule has 1 fully saturated rings. The van der Waals surface area contributed by atoms with Gasteiger partial charge in [0.05, 0.1) is 51.0 Å². The first kappa shape index (κ1) is 41.6. The van der Waals surface area contributed by atoms with Crippen LogP contribution in [0.15, 0.2) is 174 Å². The molecule has 1 N–H and O–H groups in total. The Labute approximate surface area is 356 Å². The molecule has 0 bridgehead atoms. The molecule has 61 heavy (non-hydrogen) atoms. The van der Waals surface area contributed by atoms with Crippen molar-refractivity contribution in [2.24, 2.45) is 0 Å². The van der Waals surface area contributed by atoms with Gasteiger partial charge in [-0.3, -0.25) is 4.79 Å². The number of aromatic hydroxyl groups is 1. The van der Waals surface area contributed by atoms with Gasteiger partial charge in [-0.25, -0.2) is 0 Å². The normalized spacial score (nSPS) is 19.1. The summed E-state index contributed by atoms with van der Waals surface area (Å²) >= 11 is 0. The number of phenols is 1. The smallest absolute Gasteiger partial charge is 0.189 e. The molecule has 0 spiro atoms. The van der Waals surface area contributed by atoms with E-state index in [1.807, 2.05) is 159 Å². The number of aryl methyl sites for hydroxylation is 1. The van der Waals surface area contributed by atoms with Crippen molar-refractivity contribution in [1.29, 1.82) is 0 Å². The van der Waals surface area contributed by atoms with Gasteiger partial charge in [-0.05, 0) is 76.2 Å². The van der Waals surface area contributed by atoms with E-state index in [9.17, 15) is 9.90 Å². The lowest BCUT2D eigenvalue weighted by Crippen LogP contribution is -2.61. The molecule has 2 heterocycles. The second kappa shape index (κ2) is 20.4. The van der Waals surface area contributed by atoms with Crippen LogP contribution in [0.2, 0.25) is 0 Å². The van der Waals surface area contributed by atoms with Crippen molar-refractivity contribution in [3.8, 4) is 5.75 Å². The van der Waals surface area contributed by atoms with Crippen LogP contribution in [0.3, 0.4) is 0 Å². The molecule has 8 heteroatoms. The number of ketones is 1. The summed E-state index contributed by atoms with van der Waals surface area (Å²) in [7, 11) is 0. The highest BCUT2D eigenvalue weighted by molar-refractivity contribution is 6.09. The number of hydrogen-bond acceptors (Lipinski definition) is 8. The fraction of sp³-hybridized carbons (Fsp3) is 0.226. The third-order valence-corrected chi connectivity index (χ3v) is 10.9. The van der Waals surface area contributed by atoms with Gasteiger partial charge in [-0.1, -0.05) is 140 Å². The number of hydrogen-bond donors (Lipinski definition) is 1. The van der Waals surface area contributed by atoms with E-state index in [0.717, 1.165) is 44.3 Å². The van der Waals surface area contributed by atoms with E-state index in [-0.39, 0.29) is 36.7 Å².